The Morgan fingerprint density at radius 3 is 2.29 bits per heavy atom. The van der Waals surface area contributed by atoms with Gasteiger partial charge in [-0.3, -0.25) is 0 Å². The lowest BCUT2D eigenvalue weighted by atomic mass is 10.0. The number of hydrogen-bond donors (Lipinski definition) is 0. The lowest BCUT2D eigenvalue weighted by Gasteiger charge is -2.37. The van der Waals surface area contributed by atoms with E-state index in [-0.39, 0.29) is 11.3 Å². The largest absolute Gasteiger partial charge is 0.281 e. The molecule has 0 saturated carbocycles. The second kappa shape index (κ2) is 5.43. The third-order valence-corrected chi connectivity index (χ3v) is 6.38. The molecule has 2 atom stereocenters. The first-order valence-electron chi connectivity index (χ1n) is 6.41. The van der Waals surface area contributed by atoms with Crippen molar-refractivity contribution in [2.75, 3.05) is 26.2 Å². The van der Waals surface area contributed by atoms with Crippen LogP contribution in [0.25, 0.3) is 0 Å². The van der Waals surface area contributed by atoms with Gasteiger partial charge in [0.25, 0.3) is 10.2 Å². The van der Waals surface area contributed by atoms with E-state index in [4.69, 9.17) is 11.6 Å². The van der Waals surface area contributed by atoms with Crippen molar-refractivity contribution in [3.05, 3.63) is 0 Å². The SMILES string of the molecule is CC1CN(S(=O)(=O)N2CCCCC2)CCC1Cl. The van der Waals surface area contributed by atoms with Crippen molar-refractivity contribution in [3.63, 3.8) is 0 Å². The number of rotatable bonds is 2. The number of hydrogen-bond acceptors (Lipinski definition) is 2. The third-order valence-electron chi connectivity index (χ3n) is 3.73. The van der Waals surface area contributed by atoms with Gasteiger partial charge in [0.1, 0.15) is 0 Å². The van der Waals surface area contributed by atoms with Crippen LogP contribution >= 0.6 is 11.6 Å². The highest BCUT2D eigenvalue weighted by molar-refractivity contribution is 7.86. The molecule has 17 heavy (non-hydrogen) atoms. The van der Waals surface area contributed by atoms with E-state index in [0.717, 1.165) is 25.7 Å². The second-order valence-corrected chi connectivity index (χ2v) is 7.60. The van der Waals surface area contributed by atoms with Crippen LogP contribution in [0.1, 0.15) is 32.6 Å². The molecule has 2 saturated heterocycles. The molecule has 2 rings (SSSR count). The summed E-state index contributed by atoms with van der Waals surface area (Å²) in [4.78, 5) is 0. The summed E-state index contributed by atoms with van der Waals surface area (Å²) in [5.41, 5.74) is 0. The summed E-state index contributed by atoms with van der Waals surface area (Å²) in [6.07, 6.45) is 3.88. The molecule has 6 heteroatoms. The van der Waals surface area contributed by atoms with Crippen molar-refractivity contribution in [1.82, 2.24) is 8.61 Å². The quantitative estimate of drug-likeness (QED) is 0.722. The minimum absolute atomic E-state index is 0.114. The molecule has 2 unspecified atom stereocenters. The Bertz CT molecular complexity index is 354. The second-order valence-electron chi connectivity index (χ2n) is 5.11. The summed E-state index contributed by atoms with van der Waals surface area (Å²) in [6.45, 7) is 4.51. The monoisotopic (exact) mass is 280 g/mol. The van der Waals surface area contributed by atoms with Gasteiger partial charge in [0.05, 0.1) is 0 Å². The maximum Gasteiger partial charge on any atom is 0.281 e. The highest BCUT2D eigenvalue weighted by Crippen LogP contribution is 2.26. The Hall–Kier alpha value is 0.160. The van der Waals surface area contributed by atoms with Crippen LogP contribution in [-0.4, -0.2) is 48.6 Å². The minimum Gasteiger partial charge on any atom is -0.195 e. The summed E-state index contributed by atoms with van der Waals surface area (Å²) in [5.74, 6) is 0.241. The van der Waals surface area contributed by atoms with Gasteiger partial charge in [-0.25, -0.2) is 0 Å². The average molecular weight is 281 g/mol. The van der Waals surface area contributed by atoms with Gasteiger partial charge in [0.15, 0.2) is 0 Å². The van der Waals surface area contributed by atoms with Gasteiger partial charge in [-0.05, 0) is 25.2 Å². The van der Waals surface area contributed by atoms with E-state index in [9.17, 15) is 8.42 Å². The first-order chi connectivity index (χ1) is 8.01. The van der Waals surface area contributed by atoms with Crippen LogP contribution in [0, 0.1) is 5.92 Å². The molecule has 0 aromatic rings. The molecule has 0 bridgehead atoms. The number of piperidine rings is 2. The molecule has 0 aliphatic carbocycles. The van der Waals surface area contributed by atoms with Crippen molar-refractivity contribution in [3.8, 4) is 0 Å². The van der Waals surface area contributed by atoms with Crippen LogP contribution in [0.15, 0.2) is 0 Å². The van der Waals surface area contributed by atoms with Crippen molar-refractivity contribution >= 4 is 21.8 Å². The molecule has 0 radical (unpaired) electrons. The van der Waals surface area contributed by atoms with E-state index in [1.165, 1.54) is 0 Å². The molecule has 0 N–H and O–H groups in total. The first-order valence-corrected chi connectivity index (χ1v) is 8.24. The number of halogens is 1. The molecule has 0 aromatic carbocycles. The van der Waals surface area contributed by atoms with E-state index in [1.807, 2.05) is 6.92 Å². The van der Waals surface area contributed by atoms with E-state index in [2.05, 4.69) is 0 Å². The van der Waals surface area contributed by atoms with E-state index < -0.39 is 10.2 Å². The zero-order valence-electron chi connectivity index (χ0n) is 10.3. The standard InChI is InChI=1S/C11H21ClN2O2S/c1-10-9-14(8-5-11(10)12)17(15,16)13-6-3-2-4-7-13/h10-11H,2-9H2,1H3. The highest BCUT2D eigenvalue weighted by atomic mass is 35.5. The van der Waals surface area contributed by atoms with Crippen molar-refractivity contribution < 1.29 is 8.42 Å². The molecular formula is C11H21ClN2O2S. The molecule has 2 aliphatic rings. The predicted octanol–water partition coefficient (Wildman–Crippen LogP) is 1.67. The van der Waals surface area contributed by atoms with Gasteiger partial charge in [-0.2, -0.15) is 17.0 Å². The van der Waals surface area contributed by atoms with Gasteiger partial charge in [-0.1, -0.05) is 13.3 Å². The molecule has 100 valence electrons. The molecule has 0 spiro atoms. The third kappa shape index (κ3) is 2.95. The summed E-state index contributed by atoms with van der Waals surface area (Å²) < 4.78 is 28.1. The van der Waals surface area contributed by atoms with Crippen LogP contribution in [-0.2, 0) is 10.2 Å². The van der Waals surface area contributed by atoms with Crippen molar-refractivity contribution in [1.29, 1.82) is 0 Å². The molecule has 0 aromatic heterocycles. The fourth-order valence-electron chi connectivity index (χ4n) is 2.55. The van der Waals surface area contributed by atoms with Crippen LogP contribution in [0.5, 0.6) is 0 Å². The van der Waals surface area contributed by atoms with Crippen molar-refractivity contribution in [2.45, 2.75) is 38.0 Å². The summed E-state index contributed by atoms with van der Waals surface area (Å²) in [5, 5.41) is 0.114. The smallest absolute Gasteiger partial charge is 0.195 e. The number of nitrogens with zero attached hydrogens (tertiary/aromatic N) is 2. The molecule has 2 fully saturated rings. The maximum absolute atomic E-state index is 12.4. The van der Waals surface area contributed by atoms with Crippen LogP contribution in [0.3, 0.4) is 0 Å². The van der Waals surface area contributed by atoms with Crippen LogP contribution in [0.4, 0.5) is 0 Å². The fraction of sp³-hybridized carbons (Fsp3) is 1.00. The molecular weight excluding hydrogens is 260 g/mol. The number of alkyl halides is 1. The normalized spacial score (nSPS) is 33.8. The van der Waals surface area contributed by atoms with E-state index >= 15 is 0 Å². The fourth-order valence-corrected chi connectivity index (χ4v) is 4.53. The Labute approximate surface area is 109 Å². The van der Waals surface area contributed by atoms with Gasteiger partial charge >= 0.3 is 0 Å². The van der Waals surface area contributed by atoms with Crippen molar-refractivity contribution in [2.24, 2.45) is 5.92 Å². The zero-order valence-corrected chi connectivity index (χ0v) is 11.9. The Morgan fingerprint density at radius 1 is 1.06 bits per heavy atom. The lowest BCUT2D eigenvalue weighted by Crippen LogP contribution is -2.51. The summed E-state index contributed by atoms with van der Waals surface area (Å²) in [6, 6.07) is 0. The summed E-state index contributed by atoms with van der Waals surface area (Å²) in [7, 11) is -3.23. The van der Waals surface area contributed by atoms with E-state index in [1.54, 1.807) is 8.61 Å². The van der Waals surface area contributed by atoms with Gasteiger partial charge in [-0.15, -0.1) is 11.6 Å². The van der Waals surface area contributed by atoms with Gasteiger partial charge < -0.3 is 0 Å². The lowest BCUT2D eigenvalue weighted by molar-refractivity contribution is 0.250. The molecule has 0 amide bonds. The molecule has 2 heterocycles. The minimum atomic E-state index is -3.23. The summed E-state index contributed by atoms with van der Waals surface area (Å²) >= 11 is 6.13. The van der Waals surface area contributed by atoms with Crippen LogP contribution in [0.2, 0.25) is 0 Å². The topological polar surface area (TPSA) is 40.6 Å². The van der Waals surface area contributed by atoms with Gasteiger partial charge in [0.2, 0.25) is 0 Å². The Balaban J connectivity index is 2.04. The molecule has 4 nitrogen and oxygen atoms in total. The zero-order chi connectivity index (χ0) is 12.5. The maximum atomic E-state index is 12.4. The van der Waals surface area contributed by atoms with E-state index in [0.29, 0.717) is 26.2 Å². The predicted molar refractivity (Wildman–Crippen MR) is 69.3 cm³/mol. The highest BCUT2D eigenvalue weighted by Gasteiger charge is 2.35. The average Bonchev–Trinajstić information content (AvgIpc) is 2.33. The van der Waals surface area contributed by atoms with Gasteiger partial charge in [0, 0.05) is 31.6 Å². The Kier molecular flexibility index (Phi) is 4.34. The molecule has 2 aliphatic heterocycles. The van der Waals surface area contributed by atoms with Crippen LogP contribution < -0.4 is 0 Å². The first kappa shape index (κ1) is 13.6. The Morgan fingerprint density at radius 2 is 1.71 bits per heavy atom.